The van der Waals surface area contributed by atoms with Gasteiger partial charge in [0.15, 0.2) is 6.61 Å². The molecular formula is C18H17BrClNO3. The minimum atomic E-state index is -0.618. The van der Waals surface area contributed by atoms with Gasteiger partial charge in [0.05, 0.1) is 16.6 Å². The van der Waals surface area contributed by atoms with Gasteiger partial charge in [-0.1, -0.05) is 58.7 Å². The van der Waals surface area contributed by atoms with Gasteiger partial charge in [0, 0.05) is 4.47 Å². The van der Waals surface area contributed by atoms with Crippen molar-refractivity contribution in [3.8, 4) is 0 Å². The smallest absolute Gasteiger partial charge is 0.340 e. The Balaban J connectivity index is 1.91. The molecule has 0 saturated heterocycles. The van der Waals surface area contributed by atoms with Gasteiger partial charge >= 0.3 is 5.97 Å². The molecule has 0 bridgehead atoms. The lowest BCUT2D eigenvalue weighted by molar-refractivity contribution is -0.125. The number of esters is 1. The van der Waals surface area contributed by atoms with Gasteiger partial charge in [-0.05, 0) is 36.2 Å². The summed E-state index contributed by atoms with van der Waals surface area (Å²) in [4.78, 5) is 24.0. The summed E-state index contributed by atoms with van der Waals surface area (Å²) in [6, 6.07) is 14.1. The van der Waals surface area contributed by atoms with Crippen LogP contribution in [0.3, 0.4) is 0 Å². The third kappa shape index (κ3) is 5.08. The van der Waals surface area contributed by atoms with E-state index >= 15 is 0 Å². The Morgan fingerprint density at radius 3 is 2.46 bits per heavy atom. The maximum atomic E-state index is 12.0. The Labute approximate surface area is 154 Å². The van der Waals surface area contributed by atoms with Gasteiger partial charge < -0.3 is 10.1 Å². The molecule has 6 heteroatoms. The van der Waals surface area contributed by atoms with Crippen LogP contribution in [0.25, 0.3) is 0 Å². The van der Waals surface area contributed by atoms with Crippen LogP contribution in [0.15, 0.2) is 53.0 Å². The number of ether oxygens (including phenoxy) is 1. The summed E-state index contributed by atoms with van der Waals surface area (Å²) in [5.74, 6) is -0.974. The van der Waals surface area contributed by atoms with Crippen molar-refractivity contribution in [1.29, 1.82) is 0 Å². The van der Waals surface area contributed by atoms with Crippen LogP contribution in [-0.2, 0) is 9.53 Å². The summed E-state index contributed by atoms with van der Waals surface area (Å²) < 4.78 is 6.00. The van der Waals surface area contributed by atoms with Crippen LogP contribution in [0.2, 0.25) is 5.02 Å². The molecule has 2 rings (SSSR count). The summed E-state index contributed by atoms with van der Waals surface area (Å²) in [7, 11) is 0. The third-order valence-corrected chi connectivity index (χ3v) is 4.30. The van der Waals surface area contributed by atoms with Crippen LogP contribution in [0.1, 0.15) is 35.3 Å². The predicted octanol–water partition coefficient (Wildman–Crippen LogP) is 4.53. The van der Waals surface area contributed by atoms with Gasteiger partial charge in [0.1, 0.15) is 0 Å². The molecule has 0 heterocycles. The number of carbonyl (C=O) groups excluding carboxylic acids is 2. The number of amides is 1. The number of hydrogen-bond acceptors (Lipinski definition) is 3. The van der Waals surface area contributed by atoms with Crippen molar-refractivity contribution in [2.24, 2.45) is 0 Å². The average Bonchev–Trinajstić information content (AvgIpc) is 2.59. The normalized spacial score (nSPS) is 11.6. The molecule has 0 saturated carbocycles. The Hall–Kier alpha value is -1.85. The zero-order valence-corrected chi connectivity index (χ0v) is 15.4. The first kappa shape index (κ1) is 18.5. The lowest BCUT2D eigenvalue weighted by atomic mass is 10.0. The summed E-state index contributed by atoms with van der Waals surface area (Å²) in [5.41, 5.74) is 1.23. The highest BCUT2D eigenvalue weighted by Crippen LogP contribution is 2.19. The van der Waals surface area contributed by atoms with E-state index in [0.717, 1.165) is 16.5 Å². The molecule has 1 amide bonds. The molecule has 2 aromatic carbocycles. The topological polar surface area (TPSA) is 55.4 Å². The average molecular weight is 411 g/mol. The van der Waals surface area contributed by atoms with E-state index in [4.69, 9.17) is 16.3 Å². The van der Waals surface area contributed by atoms with Crippen LogP contribution < -0.4 is 5.32 Å². The van der Waals surface area contributed by atoms with E-state index in [1.54, 1.807) is 24.3 Å². The quantitative estimate of drug-likeness (QED) is 0.712. The lowest BCUT2D eigenvalue weighted by Gasteiger charge is -2.17. The van der Waals surface area contributed by atoms with Crippen molar-refractivity contribution in [2.45, 2.75) is 19.4 Å². The molecular weight excluding hydrogens is 394 g/mol. The zero-order valence-electron chi connectivity index (χ0n) is 13.1. The molecule has 1 atom stereocenters. The van der Waals surface area contributed by atoms with Crippen LogP contribution in [0.5, 0.6) is 0 Å². The van der Waals surface area contributed by atoms with Gasteiger partial charge in [0.25, 0.3) is 5.91 Å². The molecule has 2 aromatic rings. The molecule has 0 radical (unpaired) electrons. The number of rotatable bonds is 6. The van der Waals surface area contributed by atoms with Crippen molar-refractivity contribution in [2.75, 3.05) is 6.61 Å². The second-order valence-corrected chi connectivity index (χ2v) is 6.46. The molecule has 126 valence electrons. The Kier molecular flexibility index (Phi) is 6.82. The van der Waals surface area contributed by atoms with Gasteiger partial charge in [-0.15, -0.1) is 0 Å². The van der Waals surface area contributed by atoms with Crippen molar-refractivity contribution < 1.29 is 14.3 Å². The minimum absolute atomic E-state index is 0.135. The monoisotopic (exact) mass is 409 g/mol. The fourth-order valence-electron chi connectivity index (χ4n) is 2.19. The van der Waals surface area contributed by atoms with Crippen molar-refractivity contribution in [1.82, 2.24) is 5.32 Å². The van der Waals surface area contributed by atoms with Gasteiger partial charge in [-0.2, -0.15) is 0 Å². The molecule has 1 N–H and O–H groups in total. The fourth-order valence-corrected chi connectivity index (χ4v) is 2.66. The van der Waals surface area contributed by atoms with E-state index in [1.165, 1.54) is 0 Å². The minimum Gasteiger partial charge on any atom is -0.452 e. The molecule has 0 aromatic heterocycles. The number of hydrogen-bond donors (Lipinski definition) is 1. The maximum Gasteiger partial charge on any atom is 0.340 e. The Morgan fingerprint density at radius 2 is 1.83 bits per heavy atom. The van der Waals surface area contributed by atoms with Gasteiger partial charge in [-0.25, -0.2) is 4.79 Å². The molecule has 4 nitrogen and oxygen atoms in total. The summed E-state index contributed by atoms with van der Waals surface area (Å²) in [5, 5.41) is 3.15. The summed E-state index contributed by atoms with van der Waals surface area (Å²) in [6.07, 6.45) is 0.728. The number of nitrogens with one attached hydrogen (secondary N) is 1. The van der Waals surface area contributed by atoms with E-state index < -0.39 is 5.97 Å². The Bertz CT molecular complexity index is 718. The summed E-state index contributed by atoms with van der Waals surface area (Å²) >= 11 is 9.31. The lowest BCUT2D eigenvalue weighted by Crippen LogP contribution is -2.32. The highest BCUT2D eigenvalue weighted by atomic mass is 79.9. The highest BCUT2D eigenvalue weighted by Gasteiger charge is 2.16. The fraction of sp³-hybridized carbons (Fsp3) is 0.222. The first-order valence-corrected chi connectivity index (χ1v) is 8.64. The largest absolute Gasteiger partial charge is 0.452 e. The second-order valence-electron chi connectivity index (χ2n) is 5.14. The van der Waals surface area contributed by atoms with Crippen LogP contribution in [0.4, 0.5) is 0 Å². The second kappa shape index (κ2) is 8.85. The predicted molar refractivity (Wildman–Crippen MR) is 97.1 cm³/mol. The first-order chi connectivity index (χ1) is 11.5. The molecule has 0 spiro atoms. The highest BCUT2D eigenvalue weighted by molar-refractivity contribution is 9.10. The summed E-state index contributed by atoms with van der Waals surface area (Å²) in [6.45, 7) is 1.62. The van der Waals surface area contributed by atoms with E-state index in [0.29, 0.717) is 5.02 Å². The third-order valence-electron chi connectivity index (χ3n) is 3.44. The van der Waals surface area contributed by atoms with Crippen LogP contribution in [0, 0.1) is 0 Å². The first-order valence-electron chi connectivity index (χ1n) is 7.47. The molecule has 0 aliphatic heterocycles. The van der Waals surface area contributed by atoms with E-state index in [-0.39, 0.29) is 24.1 Å². The molecule has 0 unspecified atom stereocenters. The Morgan fingerprint density at radius 1 is 1.17 bits per heavy atom. The molecule has 0 aliphatic rings. The standard InChI is InChI=1S/C18H17BrClNO3/c1-2-16(12-7-9-13(19)10-8-12)21-17(22)11-24-18(23)14-5-3-4-6-15(14)20/h3-10,16H,2,11H2,1H3,(H,21,22)/t16-/m1/s1. The van der Waals surface area contributed by atoms with Crippen molar-refractivity contribution in [3.05, 3.63) is 69.2 Å². The number of carbonyl (C=O) groups is 2. The van der Waals surface area contributed by atoms with Gasteiger partial charge in [-0.3, -0.25) is 4.79 Å². The number of halogens is 2. The molecule has 24 heavy (non-hydrogen) atoms. The van der Waals surface area contributed by atoms with E-state index in [9.17, 15) is 9.59 Å². The van der Waals surface area contributed by atoms with Crippen LogP contribution >= 0.6 is 27.5 Å². The van der Waals surface area contributed by atoms with Crippen molar-refractivity contribution in [3.63, 3.8) is 0 Å². The van der Waals surface area contributed by atoms with Gasteiger partial charge in [0.2, 0.25) is 0 Å². The maximum absolute atomic E-state index is 12.0. The van der Waals surface area contributed by atoms with Crippen molar-refractivity contribution >= 4 is 39.4 Å². The van der Waals surface area contributed by atoms with E-state index in [1.807, 2.05) is 31.2 Å². The van der Waals surface area contributed by atoms with Crippen LogP contribution in [-0.4, -0.2) is 18.5 Å². The zero-order chi connectivity index (χ0) is 17.5. The SMILES string of the molecule is CC[C@@H](NC(=O)COC(=O)c1ccccc1Cl)c1ccc(Br)cc1. The molecule has 0 fully saturated rings. The van der Waals surface area contributed by atoms with E-state index in [2.05, 4.69) is 21.2 Å². The number of benzene rings is 2. The molecule has 0 aliphatic carbocycles.